The quantitative estimate of drug-likeness (QED) is 0.376. The monoisotopic (exact) mass is 468 g/mol. The van der Waals surface area contributed by atoms with Crippen LogP contribution in [0.5, 0.6) is 23.0 Å². The fraction of sp³-hybridized carbons (Fsp3) is 0.360. The second kappa shape index (κ2) is 9.64. The highest BCUT2D eigenvalue weighted by Gasteiger charge is 2.46. The highest BCUT2D eigenvalue weighted by atomic mass is 16.6. The van der Waals surface area contributed by atoms with E-state index in [0.717, 1.165) is 0 Å². The summed E-state index contributed by atoms with van der Waals surface area (Å²) < 4.78 is 21.9. The van der Waals surface area contributed by atoms with Gasteiger partial charge in [0, 0.05) is 18.7 Å². The molecule has 2 aliphatic rings. The number of ketones is 1. The molecule has 1 amide bonds. The van der Waals surface area contributed by atoms with Crippen molar-refractivity contribution in [1.29, 1.82) is 0 Å². The summed E-state index contributed by atoms with van der Waals surface area (Å²) in [4.78, 5) is 29.7. The zero-order chi connectivity index (χ0) is 24.4. The molecule has 1 fully saturated rings. The number of methoxy groups -OCH3 is 2. The van der Waals surface area contributed by atoms with E-state index in [-0.39, 0.29) is 11.3 Å². The second-order valence-corrected chi connectivity index (χ2v) is 8.27. The number of hydrogen-bond donors (Lipinski definition) is 1. The van der Waals surface area contributed by atoms with E-state index in [1.165, 1.54) is 19.1 Å². The molecule has 0 saturated carbocycles. The number of aliphatic hydroxyl groups is 1. The van der Waals surface area contributed by atoms with Gasteiger partial charge in [0.15, 0.2) is 23.0 Å². The zero-order valence-electron chi connectivity index (χ0n) is 19.7. The standard InChI is InChI=1S/C25H28N2O7/c1-26(2)9-10-27-22(15-5-7-17(31-3)19(13-15)32-4)21(24(29)25(27)30)23(28)16-6-8-18-20(14-16)34-12-11-33-18/h5-8,13-14,22,28H,9-12H2,1-4H3/t22-/m1/s1. The topological polar surface area (TPSA) is 97.8 Å². The molecule has 1 atom stereocenters. The lowest BCUT2D eigenvalue weighted by molar-refractivity contribution is -0.140. The van der Waals surface area contributed by atoms with Crippen molar-refractivity contribution in [2.24, 2.45) is 0 Å². The van der Waals surface area contributed by atoms with E-state index < -0.39 is 17.7 Å². The van der Waals surface area contributed by atoms with Gasteiger partial charge in [-0.1, -0.05) is 6.07 Å². The number of nitrogens with zero attached hydrogens (tertiary/aromatic N) is 2. The van der Waals surface area contributed by atoms with Crippen LogP contribution in [0.1, 0.15) is 17.2 Å². The highest BCUT2D eigenvalue weighted by Crippen LogP contribution is 2.42. The van der Waals surface area contributed by atoms with Crippen LogP contribution in [-0.2, 0) is 9.59 Å². The van der Waals surface area contributed by atoms with E-state index in [0.29, 0.717) is 60.4 Å². The molecule has 0 bridgehead atoms. The average molecular weight is 469 g/mol. The van der Waals surface area contributed by atoms with Gasteiger partial charge in [0.1, 0.15) is 19.0 Å². The minimum atomic E-state index is -0.798. The normalized spacial score (nSPS) is 19.0. The van der Waals surface area contributed by atoms with Crippen molar-refractivity contribution < 1.29 is 33.6 Å². The van der Waals surface area contributed by atoms with Crippen molar-refractivity contribution >= 4 is 17.4 Å². The molecular weight excluding hydrogens is 440 g/mol. The van der Waals surface area contributed by atoms with Gasteiger partial charge in [-0.3, -0.25) is 9.59 Å². The van der Waals surface area contributed by atoms with E-state index in [1.807, 2.05) is 19.0 Å². The minimum absolute atomic E-state index is 0.00709. The van der Waals surface area contributed by atoms with Gasteiger partial charge in [-0.25, -0.2) is 0 Å². The molecule has 34 heavy (non-hydrogen) atoms. The van der Waals surface area contributed by atoms with Crippen LogP contribution in [0.25, 0.3) is 5.76 Å². The third kappa shape index (κ3) is 4.26. The Morgan fingerprint density at radius 1 is 1.03 bits per heavy atom. The summed E-state index contributed by atoms with van der Waals surface area (Å²) in [6, 6.07) is 9.33. The van der Waals surface area contributed by atoms with Gasteiger partial charge in [0.25, 0.3) is 11.7 Å². The first kappa shape index (κ1) is 23.4. The molecule has 4 rings (SSSR count). The zero-order valence-corrected chi connectivity index (χ0v) is 19.7. The van der Waals surface area contributed by atoms with Crippen molar-refractivity contribution in [3.05, 3.63) is 53.1 Å². The average Bonchev–Trinajstić information content (AvgIpc) is 3.11. The molecule has 2 aromatic rings. The molecule has 2 aliphatic heterocycles. The molecule has 9 nitrogen and oxygen atoms in total. The number of Topliss-reactive ketones (excluding diaryl/α,β-unsaturated/α-hetero) is 1. The SMILES string of the molecule is COc1ccc([C@@H]2C(=C(O)c3ccc4c(c3)OCCO4)C(=O)C(=O)N2CCN(C)C)cc1OC. The summed E-state index contributed by atoms with van der Waals surface area (Å²) in [7, 11) is 6.82. The van der Waals surface area contributed by atoms with E-state index in [2.05, 4.69) is 0 Å². The van der Waals surface area contributed by atoms with Crippen LogP contribution in [0.15, 0.2) is 42.0 Å². The van der Waals surface area contributed by atoms with Crippen molar-refractivity contribution in [3.8, 4) is 23.0 Å². The fourth-order valence-electron chi connectivity index (χ4n) is 4.13. The first-order chi connectivity index (χ1) is 16.3. The number of amides is 1. The van der Waals surface area contributed by atoms with Crippen LogP contribution in [0.2, 0.25) is 0 Å². The largest absolute Gasteiger partial charge is 0.507 e. The van der Waals surface area contributed by atoms with Crippen LogP contribution in [0.3, 0.4) is 0 Å². The van der Waals surface area contributed by atoms with Crippen LogP contribution in [-0.4, -0.2) is 81.2 Å². The fourth-order valence-corrected chi connectivity index (χ4v) is 4.13. The third-order valence-electron chi connectivity index (χ3n) is 5.87. The number of hydrogen-bond acceptors (Lipinski definition) is 8. The minimum Gasteiger partial charge on any atom is -0.507 e. The molecule has 180 valence electrons. The molecule has 0 aromatic heterocycles. The summed E-state index contributed by atoms with van der Waals surface area (Å²) in [6.07, 6.45) is 0. The Morgan fingerprint density at radius 2 is 1.74 bits per heavy atom. The highest BCUT2D eigenvalue weighted by molar-refractivity contribution is 6.46. The van der Waals surface area contributed by atoms with Crippen molar-refractivity contribution in [2.75, 3.05) is 54.6 Å². The van der Waals surface area contributed by atoms with Crippen molar-refractivity contribution in [3.63, 3.8) is 0 Å². The van der Waals surface area contributed by atoms with E-state index in [1.54, 1.807) is 36.4 Å². The van der Waals surface area contributed by atoms with Crippen molar-refractivity contribution in [2.45, 2.75) is 6.04 Å². The molecule has 2 aromatic carbocycles. The van der Waals surface area contributed by atoms with Gasteiger partial charge in [0.05, 0.1) is 25.8 Å². The summed E-state index contributed by atoms with van der Waals surface area (Å²) in [5, 5.41) is 11.3. The Kier molecular flexibility index (Phi) is 6.65. The molecule has 9 heteroatoms. The van der Waals surface area contributed by atoms with Gasteiger partial charge in [-0.05, 0) is 50.0 Å². The third-order valence-corrected chi connectivity index (χ3v) is 5.87. The first-order valence-electron chi connectivity index (χ1n) is 10.9. The number of fused-ring (bicyclic) bond motifs is 1. The number of ether oxygens (including phenoxy) is 4. The van der Waals surface area contributed by atoms with Gasteiger partial charge in [-0.15, -0.1) is 0 Å². The molecule has 1 N–H and O–H groups in total. The Morgan fingerprint density at radius 3 is 2.41 bits per heavy atom. The molecule has 1 saturated heterocycles. The molecule has 0 spiro atoms. The number of benzene rings is 2. The number of rotatable bonds is 7. The van der Waals surface area contributed by atoms with Crippen LogP contribution >= 0.6 is 0 Å². The Bertz CT molecular complexity index is 1140. The summed E-state index contributed by atoms with van der Waals surface area (Å²) in [6.45, 7) is 1.67. The number of likely N-dealkylation sites (tertiary alicyclic amines) is 1. The van der Waals surface area contributed by atoms with E-state index in [4.69, 9.17) is 18.9 Å². The lowest BCUT2D eigenvalue weighted by Gasteiger charge is -2.27. The van der Waals surface area contributed by atoms with Gasteiger partial charge in [0.2, 0.25) is 0 Å². The van der Waals surface area contributed by atoms with E-state index in [9.17, 15) is 14.7 Å². The van der Waals surface area contributed by atoms with Crippen molar-refractivity contribution in [1.82, 2.24) is 9.80 Å². The maximum absolute atomic E-state index is 13.2. The van der Waals surface area contributed by atoms with Gasteiger partial charge in [-0.2, -0.15) is 0 Å². The maximum Gasteiger partial charge on any atom is 0.295 e. The Balaban J connectivity index is 1.85. The van der Waals surface area contributed by atoms with Gasteiger partial charge >= 0.3 is 0 Å². The molecular formula is C25H28N2O7. The lowest BCUT2D eigenvalue weighted by Crippen LogP contribution is -2.35. The second-order valence-electron chi connectivity index (χ2n) is 8.27. The predicted molar refractivity (Wildman–Crippen MR) is 125 cm³/mol. The molecule has 2 heterocycles. The predicted octanol–water partition coefficient (Wildman–Crippen LogP) is 2.46. The molecule has 0 radical (unpaired) electrons. The lowest BCUT2D eigenvalue weighted by atomic mass is 9.94. The number of carbonyl (C=O) groups is 2. The summed E-state index contributed by atoms with van der Waals surface area (Å²) in [5.41, 5.74) is 0.989. The maximum atomic E-state index is 13.2. The summed E-state index contributed by atoms with van der Waals surface area (Å²) in [5.74, 6) is 0.320. The van der Waals surface area contributed by atoms with Gasteiger partial charge < -0.3 is 33.9 Å². The van der Waals surface area contributed by atoms with Crippen LogP contribution < -0.4 is 18.9 Å². The van der Waals surface area contributed by atoms with E-state index >= 15 is 0 Å². The Hall–Kier alpha value is -3.72. The first-order valence-corrected chi connectivity index (χ1v) is 10.9. The smallest absolute Gasteiger partial charge is 0.295 e. The van der Waals surface area contributed by atoms with Crippen LogP contribution in [0.4, 0.5) is 0 Å². The molecule has 0 aliphatic carbocycles. The number of aliphatic hydroxyl groups excluding tert-OH is 1. The summed E-state index contributed by atoms with van der Waals surface area (Å²) >= 11 is 0. The van der Waals surface area contributed by atoms with Crippen LogP contribution in [0, 0.1) is 0 Å². The Labute approximate surface area is 198 Å². The molecule has 0 unspecified atom stereocenters. The number of likely N-dealkylation sites (N-methyl/N-ethyl adjacent to an activating group) is 1. The number of carbonyl (C=O) groups excluding carboxylic acids is 2.